The van der Waals surface area contributed by atoms with Crippen LogP contribution in [0.4, 0.5) is 0 Å². The number of carbonyl (C=O) groups is 1. The topological polar surface area (TPSA) is 76.2 Å². The number of hydrogen-bond donors (Lipinski definition) is 1. The second-order valence-electron chi connectivity index (χ2n) is 3.69. The number of halogens is 1. The van der Waals surface area contributed by atoms with Crippen molar-refractivity contribution in [3.05, 3.63) is 35.7 Å². The molecule has 1 aromatic heterocycles. The number of carboxylic acids is 1. The molecule has 0 atom stereocenters. The SMILES string of the molecule is O=C(O)c1cccc(-c2noc(CCCCl)n2)c1. The smallest absolute Gasteiger partial charge is 0.335 e. The van der Waals surface area contributed by atoms with E-state index >= 15 is 0 Å². The van der Waals surface area contributed by atoms with E-state index in [1.165, 1.54) is 12.1 Å². The first-order chi connectivity index (χ1) is 8.70. The van der Waals surface area contributed by atoms with Crippen molar-refractivity contribution in [1.82, 2.24) is 10.1 Å². The summed E-state index contributed by atoms with van der Waals surface area (Å²) in [5, 5.41) is 12.7. The van der Waals surface area contributed by atoms with Crippen LogP contribution < -0.4 is 0 Å². The monoisotopic (exact) mass is 266 g/mol. The van der Waals surface area contributed by atoms with E-state index in [0.29, 0.717) is 29.6 Å². The van der Waals surface area contributed by atoms with Crippen LogP contribution in [0.2, 0.25) is 0 Å². The molecule has 2 aromatic rings. The van der Waals surface area contributed by atoms with E-state index in [4.69, 9.17) is 21.2 Å². The summed E-state index contributed by atoms with van der Waals surface area (Å²) in [5.41, 5.74) is 0.815. The molecule has 1 N–H and O–H groups in total. The van der Waals surface area contributed by atoms with Crippen molar-refractivity contribution in [2.75, 3.05) is 5.88 Å². The number of aromatic carboxylic acids is 1. The fourth-order valence-electron chi connectivity index (χ4n) is 1.48. The molecule has 18 heavy (non-hydrogen) atoms. The van der Waals surface area contributed by atoms with Gasteiger partial charge in [-0.15, -0.1) is 11.6 Å². The van der Waals surface area contributed by atoms with Crippen LogP contribution in [-0.4, -0.2) is 27.1 Å². The number of rotatable bonds is 5. The fourth-order valence-corrected chi connectivity index (χ4v) is 1.62. The number of carboxylic acid groups (broad SMARTS) is 1. The highest BCUT2D eigenvalue weighted by Crippen LogP contribution is 2.17. The first-order valence-corrected chi connectivity index (χ1v) is 5.96. The first-order valence-electron chi connectivity index (χ1n) is 5.43. The number of nitrogens with zero attached hydrogens (tertiary/aromatic N) is 2. The molecule has 0 unspecified atom stereocenters. The van der Waals surface area contributed by atoms with Gasteiger partial charge >= 0.3 is 5.97 Å². The van der Waals surface area contributed by atoms with Crippen LogP contribution in [0.1, 0.15) is 22.7 Å². The molecule has 0 radical (unpaired) electrons. The van der Waals surface area contributed by atoms with Crippen LogP contribution in [0.5, 0.6) is 0 Å². The van der Waals surface area contributed by atoms with Gasteiger partial charge in [-0.1, -0.05) is 17.3 Å². The van der Waals surface area contributed by atoms with Gasteiger partial charge in [0.25, 0.3) is 0 Å². The third-order valence-electron chi connectivity index (χ3n) is 2.36. The summed E-state index contributed by atoms with van der Waals surface area (Å²) in [5.74, 6) is 0.448. The number of hydrogen-bond acceptors (Lipinski definition) is 4. The lowest BCUT2D eigenvalue weighted by Gasteiger charge is -1.96. The number of aromatic nitrogens is 2. The van der Waals surface area contributed by atoms with Crippen LogP contribution >= 0.6 is 11.6 Å². The standard InChI is InChI=1S/C12H11ClN2O3/c13-6-2-5-10-14-11(15-18-10)8-3-1-4-9(7-8)12(16)17/h1,3-4,7H,2,5-6H2,(H,16,17). The maximum absolute atomic E-state index is 10.9. The van der Waals surface area contributed by atoms with E-state index < -0.39 is 5.97 Å². The molecule has 2 rings (SSSR count). The Morgan fingerprint density at radius 2 is 2.28 bits per heavy atom. The highest BCUT2D eigenvalue weighted by molar-refractivity contribution is 6.17. The van der Waals surface area contributed by atoms with E-state index in [0.717, 1.165) is 6.42 Å². The van der Waals surface area contributed by atoms with Crippen molar-refractivity contribution in [3.8, 4) is 11.4 Å². The molecule has 1 heterocycles. The van der Waals surface area contributed by atoms with Crippen LogP contribution in [-0.2, 0) is 6.42 Å². The predicted octanol–water partition coefficient (Wildman–Crippen LogP) is 2.61. The van der Waals surface area contributed by atoms with E-state index in [9.17, 15) is 4.79 Å². The van der Waals surface area contributed by atoms with Crippen LogP contribution in [0.15, 0.2) is 28.8 Å². The van der Waals surface area contributed by atoms with Crippen molar-refractivity contribution in [2.45, 2.75) is 12.8 Å². The summed E-state index contributed by atoms with van der Waals surface area (Å²) in [6, 6.07) is 6.41. The fraction of sp³-hybridized carbons (Fsp3) is 0.250. The van der Waals surface area contributed by atoms with Gasteiger partial charge in [-0.2, -0.15) is 4.98 Å². The zero-order chi connectivity index (χ0) is 13.0. The average Bonchev–Trinajstić information content (AvgIpc) is 2.85. The minimum atomic E-state index is -0.984. The molecule has 0 aliphatic carbocycles. The second kappa shape index (κ2) is 5.64. The van der Waals surface area contributed by atoms with Crippen LogP contribution in [0.25, 0.3) is 11.4 Å². The van der Waals surface area contributed by atoms with Crippen LogP contribution in [0, 0.1) is 0 Å². The lowest BCUT2D eigenvalue weighted by atomic mass is 10.1. The second-order valence-corrected chi connectivity index (χ2v) is 4.07. The molecule has 5 nitrogen and oxygen atoms in total. The summed E-state index contributed by atoms with van der Waals surface area (Å²) in [7, 11) is 0. The summed E-state index contributed by atoms with van der Waals surface area (Å²) in [4.78, 5) is 15.0. The highest BCUT2D eigenvalue weighted by Gasteiger charge is 2.10. The summed E-state index contributed by atoms with van der Waals surface area (Å²) in [6.45, 7) is 0. The summed E-state index contributed by atoms with van der Waals surface area (Å²) >= 11 is 5.58. The van der Waals surface area contributed by atoms with Gasteiger partial charge in [0, 0.05) is 17.9 Å². The molecular weight excluding hydrogens is 256 g/mol. The van der Waals surface area contributed by atoms with Crippen molar-refractivity contribution in [2.24, 2.45) is 0 Å². The van der Waals surface area contributed by atoms with Gasteiger partial charge in [-0.05, 0) is 18.6 Å². The molecule has 94 valence electrons. The van der Waals surface area contributed by atoms with Gasteiger partial charge in [-0.25, -0.2) is 4.79 Å². The summed E-state index contributed by atoms with van der Waals surface area (Å²) in [6.07, 6.45) is 1.38. The van der Waals surface area contributed by atoms with Gasteiger partial charge in [0.05, 0.1) is 5.56 Å². The lowest BCUT2D eigenvalue weighted by molar-refractivity contribution is 0.0697. The normalized spacial score (nSPS) is 10.5. The number of benzene rings is 1. The van der Waals surface area contributed by atoms with Crippen molar-refractivity contribution in [1.29, 1.82) is 0 Å². The molecule has 1 aromatic carbocycles. The van der Waals surface area contributed by atoms with Gasteiger partial charge in [0.2, 0.25) is 11.7 Å². The van der Waals surface area contributed by atoms with Gasteiger partial charge in [-0.3, -0.25) is 0 Å². The highest BCUT2D eigenvalue weighted by atomic mass is 35.5. The number of alkyl halides is 1. The van der Waals surface area contributed by atoms with Crippen molar-refractivity contribution < 1.29 is 14.4 Å². The van der Waals surface area contributed by atoms with E-state index in [2.05, 4.69) is 10.1 Å². The van der Waals surface area contributed by atoms with Crippen molar-refractivity contribution >= 4 is 17.6 Å². The first kappa shape index (κ1) is 12.6. The molecule has 0 saturated carbocycles. The van der Waals surface area contributed by atoms with Gasteiger partial charge in [0.1, 0.15) is 0 Å². The Morgan fingerprint density at radius 3 is 3.00 bits per heavy atom. The Bertz CT molecular complexity index is 554. The van der Waals surface area contributed by atoms with E-state index in [1.54, 1.807) is 12.1 Å². The van der Waals surface area contributed by atoms with Gasteiger partial charge in [0.15, 0.2) is 0 Å². The zero-order valence-electron chi connectivity index (χ0n) is 9.47. The molecule has 0 aliphatic heterocycles. The maximum atomic E-state index is 10.9. The Balaban J connectivity index is 2.23. The number of aryl methyl sites for hydroxylation is 1. The van der Waals surface area contributed by atoms with Crippen LogP contribution in [0.3, 0.4) is 0 Å². The molecule has 0 spiro atoms. The lowest BCUT2D eigenvalue weighted by Crippen LogP contribution is -1.96. The molecular formula is C12H11ClN2O3. The predicted molar refractivity (Wildman–Crippen MR) is 65.7 cm³/mol. The Kier molecular flexibility index (Phi) is 3.94. The molecule has 0 bridgehead atoms. The molecule has 0 amide bonds. The molecule has 6 heteroatoms. The minimum absolute atomic E-state index is 0.194. The summed E-state index contributed by atoms with van der Waals surface area (Å²) < 4.78 is 5.05. The molecule has 0 saturated heterocycles. The quantitative estimate of drug-likeness (QED) is 0.842. The third-order valence-corrected chi connectivity index (χ3v) is 2.63. The minimum Gasteiger partial charge on any atom is -0.478 e. The van der Waals surface area contributed by atoms with E-state index in [-0.39, 0.29) is 5.56 Å². The zero-order valence-corrected chi connectivity index (χ0v) is 10.2. The van der Waals surface area contributed by atoms with Gasteiger partial charge < -0.3 is 9.63 Å². The van der Waals surface area contributed by atoms with Crippen molar-refractivity contribution in [3.63, 3.8) is 0 Å². The maximum Gasteiger partial charge on any atom is 0.335 e. The largest absolute Gasteiger partial charge is 0.478 e. The molecule has 0 aliphatic rings. The van der Waals surface area contributed by atoms with E-state index in [1.807, 2.05) is 0 Å². The third kappa shape index (κ3) is 2.87. The molecule has 0 fully saturated rings. The Labute approximate surface area is 108 Å². The Morgan fingerprint density at radius 1 is 1.44 bits per heavy atom. The average molecular weight is 267 g/mol. The Hall–Kier alpha value is -1.88.